The molecule has 0 unspecified atom stereocenters. The summed E-state index contributed by atoms with van der Waals surface area (Å²) in [5.41, 5.74) is 4.17. The average Bonchev–Trinajstić information content (AvgIpc) is 2.75. The van der Waals surface area contributed by atoms with Crippen LogP contribution in [0.4, 0.5) is 14.9 Å². The van der Waals surface area contributed by atoms with Crippen molar-refractivity contribution in [2.75, 3.05) is 44.7 Å². The van der Waals surface area contributed by atoms with Gasteiger partial charge in [-0.2, -0.15) is 0 Å². The van der Waals surface area contributed by atoms with Gasteiger partial charge in [-0.05, 0) is 55.7 Å². The lowest BCUT2D eigenvalue weighted by Crippen LogP contribution is -2.52. The van der Waals surface area contributed by atoms with E-state index in [9.17, 15) is 9.18 Å². The van der Waals surface area contributed by atoms with Gasteiger partial charge in [-0.15, -0.1) is 0 Å². The number of anilines is 1. The number of carbonyl (C=O) groups excluding carboxylic acids is 1. The maximum absolute atomic E-state index is 13.1. The van der Waals surface area contributed by atoms with Crippen molar-refractivity contribution in [1.29, 1.82) is 0 Å². The number of urea groups is 1. The van der Waals surface area contributed by atoms with Gasteiger partial charge in [0, 0.05) is 49.7 Å². The largest absolute Gasteiger partial charge is 0.481 e. The molecular weight excluding hydrogens is 371 g/mol. The molecule has 0 radical (unpaired) electrons. The van der Waals surface area contributed by atoms with E-state index >= 15 is 0 Å². The lowest BCUT2D eigenvalue weighted by Gasteiger charge is -2.36. The fourth-order valence-corrected chi connectivity index (χ4v) is 3.62. The van der Waals surface area contributed by atoms with Gasteiger partial charge in [0.1, 0.15) is 5.82 Å². The minimum Gasteiger partial charge on any atom is -0.481 e. The zero-order valence-corrected chi connectivity index (χ0v) is 17.4. The molecule has 29 heavy (non-hydrogen) atoms. The second-order valence-corrected chi connectivity index (χ2v) is 7.19. The first-order valence-corrected chi connectivity index (χ1v) is 10.1. The number of carbonyl (C=O) groups is 1. The number of methoxy groups -OCH3 is 1. The summed E-state index contributed by atoms with van der Waals surface area (Å²) < 4.78 is 18.5. The van der Waals surface area contributed by atoms with E-state index in [4.69, 9.17) is 4.74 Å². The van der Waals surface area contributed by atoms with Gasteiger partial charge in [0.2, 0.25) is 5.88 Å². The van der Waals surface area contributed by atoms with Crippen LogP contribution in [0.25, 0.3) is 0 Å². The number of aromatic nitrogens is 1. The minimum absolute atomic E-state index is 0.0569. The molecule has 1 aromatic carbocycles. The number of aryl methyl sites for hydroxylation is 2. The molecule has 156 valence electrons. The van der Waals surface area contributed by atoms with Crippen LogP contribution in [0.5, 0.6) is 5.88 Å². The zero-order chi connectivity index (χ0) is 20.8. The van der Waals surface area contributed by atoms with E-state index in [-0.39, 0.29) is 11.8 Å². The van der Waals surface area contributed by atoms with Crippen LogP contribution >= 0.6 is 0 Å². The van der Waals surface area contributed by atoms with E-state index in [0.29, 0.717) is 31.9 Å². The van der Waals surface area contributed by atoms with Crippen molar-refractivity contribution in [1.82, 2.24) is 15.2 Å². The Morgan fingerprint density at radius 3 is 2.48 bits per heavy atom. The van der Waals surface area contributed by atoms with Gasteiger partial charge >= 0.3 is 6.03 Å². The number of ether oxygens (including phenoxy) is 1. The average molecular weight is 400 g/mol. The summed E-state index contributed by atoms with van der Waals surface area (Å²) in [4.78, 5) is 21.0. The lowest BCUT2D eigenvalue weighted by molar-refractivity contribution is 0.194. The second kappa shape index (κ2) is 9.58. The maximum atomic E-state index is 13.1. The summed E-state index contributed by atoms with van der Waals surface area (Å²) in [6.07, 6.45) is 1.59. The van der Waals surface area contributed by atoms with E-state index in [2.05, 4.69) is 28.2 Å². The van der Waals surface area contributed by atoms with E-state index in [0.717, 1.165) is 36.5 Å². The minimum atomic E-state index is -0.238. The van der Waals surface area contributed by atoms with Gasteiger partial charge < -0.3 is 19.9 Å². The number of nitrogens with zero attached hydrogens (tertiary/aromatic N) is 3. The Labute approximate surface area is 171 Å². The Morgan fingerprint density at radius 1 is 1.17 bits per heavy atom. The van der Waals surface area contributed by atoms with Crippen molar-refractivity contribution in [3.05, 3.63) is 53.0 Å². The summed E-state index contributed by atoms with van der Waals surface area (Å²) in [5.74, 6) is 0.389. The molecule has 0 atom stereocenters. The molecule has 3 rings (SSSR count). The number of pyridine rings is 1. The summed E-state index contributed by atoms with van der Waals surface area (Å²) in [6, 6.07) is 8.55. The quantitative estimate of drug-likeness (QED) is 0.809. The van der Waals surface area contributed by atoms with Crippen LogP contribution in [-0.4, -0.2) is 55.7 Å². The predicted octanol–water partition coefficient (Wildman–Crippen LogP) is 3.17. The third kappa shape index (κ3) is 5.16. The standard InChI is InChI=1S/C22H29FN4O2/c1-4-17-15-18(21(29-3)25-16(17)2)9-10-24-22(28)27-13-11-26(12-14-27)20-7-5-19(23)6-8-20/h5-8,15H,4,9-14H2,1-3H3,(H,24,28). The molecule has 1 fully saturated rings. The number of piperazine rings is 1. The Kier molecular flexibility index (Phi) is 6.90. The lowest BCUT2D eigenvalue weighted by atomic mass is 10.1. The fraction of sp³-hybridized carbons (Fsp3) is 0.455. The van der Waals surface area contributed by atoms with Crippen molar-refractivity contribution in [3.63, 3.8) is 0 Å². The summed E-state index contributed by atoms with van der Waals surface area (Å²) in [7, 11) is 1.62. The van der Waals surface area contributed by atoms with Gasteiger partial charge in [-0.1, -0.05) is 6.92 Å². The van der Waals surface area contributed by atoms with Crippen molar-refractivity contribution in [3.8, 4) is 5.88 Å². The molecule has 2 aromatic rings. The SMILES string of the molecule is CCc1cc(CCNC(=O)N2CCN(c3ccc(F)cc3)CC2)c(OC)nc1C. The topological polar surface area (TPSA) is 57.7 Å². The van der Waals surface area contributed by atoms with Gasteiger partial charge in [0.05, 0.1) is 7.11 Å². The Morgan fingerprint density at radius 2 is 1.86 bits per heavy atom. The van der Waals surface area contributed by atoms with Crippen molar-refractivity contribution in [2.24, 2.45) is 0 Å². The number of hydrogen-bond acceptors (Lipinski definition) is 4. The first-order chi connectivity index (χ1) is 14.0. The first kappa shape index (κ1) is 20.9. The smallest absolute Gasteiger partial charge is 0.317 e. The molecule has 2 heterocycles. The van der Waals surface area contributed by atoms with Gasteiger partial charge in [0.25, 0.3) is 0 Å². The van der Waals surface area contributed by atoms with Crippen LogP contribution in [0.3, 0.4) is 0 Å². The molecule has 1 saturated heterocycles. The van der Waals surface area contributed by atoms with Crippen molar-refractivity contribution in [2.45, 2.75) is 26.7 Å². The summed E-state index contributed by atoms with van der Waals surface area (Å²) >= 11 is 0. The Bertz CT molecular complexity index is 833. The van der Waals surface area contributed by atoms with Crippen LogP contribution in [0.1, 0.15) is 23.7 Å². The first-order valence-electron chi connectivity index (χ1n) is 10.1. The molecular formula is C22H29FN4O2. The molecule has 1 aromatic heterocycles. The highest BCUT2D eigenvalue weighted by atomic mass is 19.1. The maximum Gasteiger partial charge on any atom is 0.317 e. The summed E-state index contributed by atoms with van der Waals surface area (Å²) in [5, 5.41) is 3.00. The predicted molar refractivity (Wildman–Crippen MR) is 112 cm³/mol. The van der Waals surface area contributed by atoms with Gasteiger partial charge in [-0.25, -0.2) is 14.2 Å². The Hall–Kier alpha value is -2.83. The van der Waals surface area contributed by atoms with E-state index in [1.54, 1.807) is 19.2 Å². The number of amides is 2. The highest BCUT2D eigenvalue weighted by Crippen LogP contribution is 2.20. The van der Waals surface area contributed by atoms with Crippen LogP contribution in [0, 0.1) is 12.7 Å². The van der Waals surface area contributed by atoms with Crippen LogP contribution < -0.4 is 15.0 Å². The second-order valence-electron chi connectivity index (χ2n) is 7.19. The van der Waals surface area contributed by atoms with Crippen LogP contribution in [0.15, 0.2) is 30.3 Å². The monoisotopic (exact) mass is 400 g/mol. The molecule has 2 amide bonds. The molecule has 0 aliphatic carbocycles. The molecule has 1 N–H and O–H groups in total. The molecule has 6 nitrogen and oxygen atoms in total. The fourth-order valence-electron chi connectivity index (χ4n) is 3.62. The molecule has 0 saturated carbocycles. The van der Waals surface area contributed by atoms with Crippen molar-refractivity contribution < 1.29 is 13.9 Å². The highest BCUT2D eigenvalue weighted by molar-refractivity contribution is 5.74. The van der Waals surface area contributed by atoms with E-state index in [1.165, 1.54) is 17.7 Å². The third-order valence-electron chi connectivity index (χ3n) is 5.36. The number of benzene rings is 1. The number of halogens is 1. The van der Waals surface area contributed by atoms with Gasteiger partial charge in [0.15, 0.2) is 0 Å². The third-order valence-corrected chi connectivity index (χ3v) is 5.36. The number of hydrogen-bond donors (Lipinski definition) is 1. The van der Waals surface area contributed by atoms with E-state index < -0.39 is 0 Å². The molecule has 0 bridgehead atoms. The normalized spacial score (nSPS) is 14.1. The molecule has 0 spiro atoms. The Balaban J connectivity index is 1.49. The molecule has 7 heteroatoms. The van der Waals surface area contributed by atoms with Crippen LogP contribution in [0.2, 0.25) is 0 Å². The highest BCUT2D eigenvalue weighted by Gasteiger charge is 2.21. The number of nitrogens with one attached hydrogen (secondary N) is 1. The number of rotatable bonds is 6. The van der Waals surface area contributed by atoms with E-state index in [1.807, 2.05) is 11.8 Å². The van der Waals surface area contributed by atoms with Crippen molar-refractivity contribution >= 4 is 11.7 Å². The molecule has 1 aliphatic rings. The summed E-state index contributed by atoms with van der Waals surface area (Å²) in [6.45, 7) is 7.35. The van der Waals surface area contributed by atoms with Crippen LogP contribution in [-0.2, 0) is 12.8 Å². The molecule has 1 aliphatic heterocycles. The van der Waals surface area contributed by atoms with Gasteiger partial charge in [-0.3, -0.25) is 0 Å². The zero-order valence-electron chi connectivity index (χ0n) is 17.4.